The van der Waals surface area contributed by atoms with Crippen LogP contribution < -0.4 is 5.32 Å². The Balaban J connectivity index is 2.54. The molecule has 0 bridgehead atoms. The van der Waals surface area contributed by atoms with E-state index in [2.05, 4.69) is 39.9 Å². The molecule has 1 heterocycles. The topological polar surface area (TPSA) is 12.0 Å². The van der Waals surface area contributed by atoms with E-state index in [0.717, 1.165) is 5.92 Å². The fourth-order valence-corrected chi connectivity index (χ4v) is 2.22. The zero-order valence-electron chi connectivity index (χ0n) is 9.91. The maximum absolute atomic E-state index is 3.61. The SMILES string of the molecule is CC(C)CCC1(C)CCNC1(C)C. The van der Waals surface area contributed by atoms with E-state index < -0.39 is 0 Å². The summed E-state index contributed by atoms with van der Waals surface area (Å²) >= 11 is 0. The van der Waals surface area contributed by atoms with Gasteiger partial charge in [0.05, 0.1) is 0 Å². The number of hydrogen-bond acceptors (Lipinski definition) is 1. The summed E-state index contributed by atoms with van der Waals surface area (Å²) in [5.74, 6) is 0.841. The Kier molecular flexibility index (Phi) is 3.06. The maximum Gasteiger partial charge on any atom is 0.0179 e. The van der Waals surface area contributed by atoms with Crippen molar-refractivity contribution >= 4 is 0 Å². The van der Waals surface area contributed by atoms with E-state index in [0.29, 0.717) is 11.0 Å². The number of nitrogens with one attached hydrogen (secondary N) is 1. The Bertz CT molecular complexity index is 172. The number of hydrogen-bond donors (Lipinski definition) is 1. The fourth-order valence-electron chi connectivity index (χ4n) is 2.22. The van der Waals surface area contributed by atoms with Crippen LogP contribution in [0, 0.1) is 11.3 Å². The molecule has 1 saturated heterocycles. The summed E-state index contributed by atoms with van der Waals surface area (Å²) in [6.07, 6.45) is 4.07. The van der Waals surface area contributed by atoms with E-state index in [9.17, 15) is 0 Å². The van der Waals surface area contributed by atoms with Crippen LogP contribution in [-0.4, -0.2) is 12.1 Å². The van der Waals surface area contributed by atoms with E-state index in [-0.39, 0.29) is 0 Å². The first-order valence-electron chi connectivity index (χ1n) is 5.62. The predicted molar refractivity (Wildman–Crippen MR) is 58.9 cm³/mol. The Morgan fingerprint density at radius 1 is 1.23 bits per heavy atom. The fraction of sp³-hybridized carbons (Fsp3) is 1.00. The highest BCUT2D eigenvalue weighted by Gasteiger charge is 2.44. The van der Waals surface area contributed by atoms with Crippen LogP contribution >= 0.6 is 0 Å². The molecule has 1 rings (SSSR count). The molecule has 1 unspecified atom stereocenters. The van der Waals surface area contributed by atoms with Crippen molar-refractivity contribution in [2.45, 2.75) is 59.4 Å². The summed E-state index contributed by atoms with van der Waals surface area (Å²) in [5, 5.41) is 3.61. The van der Waals surface area contributed by atoms with Crippen molar-refractivity contribution < 1.29 is 0 Å². The molecule has 1 aliphatic rings. The first-order valence-corrected chi connectivity index (χ1v) is 5.62. The van der Waals surface area contributed by atoms with Gasteiger partial charge in [-0.3, -0.25) is 0 Å². The molecular formula is C12H25N. The molecule has 0 aliphatic carbocycles. The van der Waals surface area contributed by atoms with Crippen molar-refractivity contribution in [2.24, 2.45) is 11.3 Å². The Labute approximate surface area is 83.3 Å². The standard InChI is InChI=1S/C12H25N/c1-10(2)6-7-12(5)8-9-13-11(12,3)4/h10,13H,6-9H2,1-5H3. The van der Waals surface area contributed by atoms with Gasteiger partial charge in [0.25, 0.3) is 0 Å². The second kappa shape index (κ2) is 3.61. The van der Waals surface area contributed by atoms with E-state index in [4.69, 9.17) is 0 Å². The van der Waals surface area contributed by atoms with Crippen molar-refractivity contribution in [1.82, 2.24) is 5.32 Å². The van der Waals surface area contributed by atoms with Gasteiger partial charge >= 0.3 is 0 Å². The quantitative estimate of drug-likeness (QED) is 0.708. The van der Waals surface area contributed by atoms with Gasteiger partial charge < -0.3 is 5.32 Å². The number of rotatable bonds is 3. The first kappa shape index (κ1) is 11.0. The lowest BCUT2D eigenvalue weighted by Gasteiger charge is -2.38. The average Bonchev–Trinajstić information content (AvgIpc) is 2.24. The van der Waals surface area contributed by atoms with E-state index >= 15 is 0 Å². The van der Waals surface area contributed by atoms with Crippen LogP contribution in [0.5, 0.6) is 0 Å². The molecule has 0 aromatic carbocycles. The minimum absolute atomic E-state index is 0.335. The highest BCUT2D eigenvalue weighted by molar-refractivity contribution is 5.01. The second-order valence-electron chi connectivity index (χ2n) is 5.79. The van der Waals surface area contributed by atoms with Crippen LogP contribution in [0.3, 0.4) is 0 Å². The third kappa shape index (κ3) is 2.25. The third-order valence-corrected chi connectivity index (χ3v) is 4.03. The van der Waals surface area contributed by atoms with Crippen LogP contribution in [0.25, 0.3) is 0 Å². The van der Waals surface area contributed by atoms with Crippen LogP contribution in [-0.2, 0) is 0 Å². The summed E-state index contributed by atoms with van der Waals surface area (Å²) < 4.78 is 0. The van der Waals surface area contributed by atoms with Crippen LogP contribution in [0.15, 0.2) is 0 Å². The van der Waals surface area contributed by atoms with E-state index in [1.165, 1.54) is 25.8 Å². The monoisotopic (exact) mass is 183 g/mol. The van der Waals surface area contributed by atoms with E-state index in [1.54, 1.807) is 0 Å². The van der Waals surface area contributed by atoms with E-state index in [1.807, 2.05) is 0 Å². The molecule has 1 nitrogen and oxygen atoms in total. The highest BCUT2D eigenvalue weighted by atomic mass is 15.0. The zero-order valence-corrected chi connectivity index (χ0v) is 9.91. The molecule has 0 saturated carbocycles. The molecule has 1 heteroatoms. The van der Waals surface area contributed by atoms with Crippen LogP contribution in [0.1, 0.15) is 53.9 Å². The smallest absolute Gasteiger partial charge is 0.0179 e. The normalized spacial score (nSPS) is 32.8. The van der Waals surface area contributed by atoms with Crippen molar-refractivity contribution in [3.63, 3.8) is 0 Å². The first-order chi connectivity index (χ1) is 5.87. The van der Waals surface area contributed by atoms with Gasteiger partial charge in [-0.05, 0) is 44.6 Å². The molecule has 78 valence electrons. The van der Waals surface area contributed by atoms with Gasteiger partial charge in [0, 0.05) is 5.54 Å². The summed E-state index contributed by atoms with van der Waals surface area (Å²) in [6.45, 7) is 13.0. The second-order valence-corrected chi connectivity index (χ2v) is 5.79. The Hall–Kier alpha value is -0.0400. The Morgan fingerprint density at radius 2 is 1.85 bits per heavy atom. The van der Waals surface area contributed by atoms with Gasteiger partial charge in [-0.25, -0.2) is 0 Å². The molecule has 1 aliphatic heterocycles. The summed E-state index contributed by atoms with van der Waals surface area (Å²) in [5.41, 5.74) is 0.846. The highest BCUT2D eigenvalue weighted by Crippen LogP contribution is 2.43. The third-order valence-electron chi connectivity index (χ3n) is 4.03. The van der Waals surface area contributed by atoms with Gasteiger partial charge in [-0.15, -0.1) is 0 Å². The van der Waals surface area contributed by atoms with Crippen LogP contribution in [0.4, 0.5) is 0 Å². The minimum atomic E-state index is 0.335. The average molecular weight is 183 g/mol. The van der Waals surface area contributed by atoms with Crippen LogP contribution in [0.2, 0.25) is 0 Å². The molecule has 1 atom stereocenters. The van der Waals surface area contributed by atoms with Gasteiger partial charge in [0.1, 0.15) is 0 Å². The summed E-state index contributed by atoms with van der Waals surface area (Å²) in [6, 6.07) is 0. The molecule has 0 spiro atoms. The maximum atomic E-state index is 3.61. The van der Waals surface area contributed by atoms with Crippen molar-refractivity contribution in [3.05, 3.63) is 0 Å². The summed E-state index contributed by atoms with van der Waals surface area (Å²) in [7, 11) is 0. The Morgan fingerprint density at radius 3 is 2.23 bits per heavy atom. The molecular weight excluding hydrogens is 158 g/mol. The van der Waals surface area contributed by atoms with Gasteiger partial charge in [0.15, 0.2) is 0 Å². The zero-order chi connectivity index (χ0) is 10.1. The molecule has 13 heavy (non-hydrogen) atoms. The van der Waals surface area contributed by atoms with Crippen molar-refractivity contribution in [2.75, 3.05) is 6.54 Å². The predicted octanol–water partition coefficient (Wildman–Crippen LogP) is 3.20. The molecule has 0 aromatic rings. The lowest BCUT2D eigenvalue weighted by Crippen LogP contribution is -2.44. The molecule has 0 amide bonds. The van der Waals surface area contributed by atoms with Crippen molar-refractivity contribution in [1.29, 1.82) is 0 Å². The molecule has 1 N–H and O–H groups in total. The lowest BCUT2D eigenvalue weighted by molar-refractivity contribution is 0.169. The van der Waals surface area contributed by atoms with Gasteiger partial charge in [-0.2, -0.15) is 0 Å². The summed E-state index contributed by atoms with van der Waals surface area (Å²) in [4.78, 5) is 0. The molecule has 0 aromatic heterocycles. The van der Waals surface area contributed by atoms with Gasteiger partial charge in [0.2, 0.25) is 0 Å². The molecule has 0 radical (unpaired) electrons. The lowest BCUT2D eigenvalue weighted by atomic mass is 9.70. The van der Waals surface area contributed by atoms with Crippen molar-refractivity contribution in [3.8, 4) is 0 Å². The largest absolute Gasteiger partial charge is 0.311 e. The minimum Gasteiger partial charge on any atom is -0.311 e. The van der Waals surface area contributed by atoms with Gasteiger partial charge in [-0.1, -0.05) is 27.2 Å². The molecule has 1 fully saturated rings.